The molecule has 2 nitrogen and oxygen atoms in total. The van der Waals surface area contributed by atoms with E-state index in [9.17, 15) is 0 Å². The van der Waals surface area contributed by atoms with E-state index in [4.69, 9.17) is 4.74 Å². The van der Waals surface area contributed by atoms with E-state index >= 15 is 0 Å². The van der Waals surface area contributed by atoms with E-state index in [1.807, 2.05) is 6.26 Å². The van der Waals surface area contributed by atoms with Crippen molar-refractivity contribution in [3.63, 3.8) is 0 Å². The first-order valence-electron chi connectivity index (χ1n) is 5.57. The predicted molar refractivity (Wildman–Crippen MR) is 59.8 cm³/mol. The minimum absolute atomic E-state index is 0.763. The lowest BCUT2D eigenvalue weighted by molar-refractivity contribution is -0.459. The molecule has 0 saturated heterocycles. The van der Waals surface area contributed by atoms with Crippen LogP contribution in [-0.4, -0.2) is 31.5 Å². The smallest absolute Gasteiger partial charge is 0.169 e. The van der Waals surface area contributed by atoms with E-state index in [0.717, 1.165) is 18.9 Å². The summed E-state index contributed by atoms with van der Waals surface area (Å²) in [7, 11) is 4.12. The molecule has 0 aliphatic heterocycles. The molecule has 14 heavy (non-hydrogen) atoms. The molecule has 1 aliphatic carbocycles. The van der Waals surface area contributed by atoms with Crippen LogP contribution in [0.5, 0.6) is 0 Å². The largest absolute Gasteiger partial charge is 0.501 e. The lowest BCUT2D eigenvalue weighted by atomic mass is 10.2. The molecule has 1 fully saturated rings. The fraction of sp³-hybridized carbons (Fsp3) is 0.750. The van der Waals surface area contributed by atoms with Gasteiger partial charge in [-0.2, -0.15) is 0 Å². The van der Waals surface area contributed by atoms with Gasteiger partial charge in [0.2, 0.25) is 0 Å². The zero-order chi connectivity index (χ0) is 10.4. The van der Waals surface area contributed by atoms with Gasteiger partial charge in [-0.3, -0.25) is 0 Å². The molecule has 0 aromatic rings. The van der Waals surface area contributed by atoms with Crippen molar-refractivity contribution in [1.82, 2.24) is 0 Å². The normalized spacial score (nSPS) is 16.6. The number of hydrogen-bond acceptors (Lipinski definition) is 1. The van der Waals surface area contributed by atoms with Crippen LogP contribution in [0.15, 0.2) is 11.8 Å². The highest BCUT2D eigenvalue weighted by Crippen LogP contribution is 2.35. The van der Waals surface area contributed by atoms with Crippen LogP contribution in [0.1, 0.15) is 32.6 Å². The Kier molecular flexibility index (Phi) is 4.71. The van der Waals surface area contributed by atoms with Crippen LogP contribution in [-0.2, 0) is 4.74 Å². The van der Waals surface area contributed by atoms with Gasteiger partial charge in [-0.15, -0.1) is 0 Å². The van der Waals surface area contributed by atoms with Gasteiger partial charge in [-0.25, -0.2) is 4.58 Å². The van der Waals surface area contributed by atoms with Crippen molar-refractivity contribution in [3.8, 4) is 0 Å². The number of nitrogens with zero attached hydrogens (tertiary/aromatic N) is 1. The first-order chi connectivity index (χ1) is 6.74. The summed E-state index contributed by atoms with van der Waals surface area (Å²) >= 11 is 0. The van der Waals surface area contributed by atoms with Gasteiger partial charge in [-0.1, -0.05) is 13.3 Å². The average Bonchev–Trinajstić information content (AvgIpc) is 2.92. The summed E-state index contributed by atoms with van der Waals surface area (Å²) in [6.45, 7) is 3.04. The number of allylic oxidation sites excluding steroid dienone is 1. The minimum Gasteiger partial charge on any atom is -0.501 e. The minimum atomic E-state index is 0.763. The second-order valence-electron chi connectivity index (χ2n) is 4.21. The van der Waals surface area contributed by atoms with Gasteiger partial charge in [0.05, 0.1) is 18.4 Å². The van der Waals surface area contributed by atoms with E-state index in [1.165, 1.54) is 24.8 Å². The van der Waals surface area contributed by atoms with Gasteiger partial charge >= 0.3 is 0 Å². The molecule has 0 heterocycles. The molecular formula is C12H22NO+. The Balaban J connectivity index is 2.37. The molecule has 0 bridgehead atoms. The number of rotatable bonds is 6. The fourth-order valence-corrected chi connectivity index (χ4v) is 1.33. The molecule has 2 heteroatoms. The van der Waals surface area contributed by atoms with Gasteiger partial charge in [0.25, 0.3) is 0 Å². The van der Waals surface area contributed by atoms with Crippen molar-refractivity contribution in [3.05, 3.63) is 11.8 Å². The van der Waals surface area contributed by atoms with Crippen LogP contribution in [0.3, 0.4) is 0 Å². The molecule has 0 spiro atoms. The highest BCUT2D eigenvalue weighted by atomic mass is 16.5. The van der Waals surface area contributed by atoms with Crippen molar-refractivity contribution in [1.29, 1.82) is 0 Å². The zero-order valence-corrected chi connectivity index (χ0v) is 9.62. The summed E-state index contributed by atoms with van der Waals surface area (Å²) in [5.74, 6) is 0.763. The molecule has 0 aromatic carbocycles. The Morgan fingerprint density at radius 3 is 2.64 bits per heavy atom. The molecule has 0 radical (unpaired) electrons. The highest BCUT2D eigenvalue weighted by molar-refractivity contribution is 5.75. The third kappa shape index (κ3) is 4.45. The predicted octanol–water partition coefficient (Wildman–Crippen LogP) is 2.44. The van der Waals surface area contributed by atoms with E-state index < -0.39 is 0 Å². The molecule has 1 rings (SSSR count). The zero-order valence-electron chi connectivity index (χ0n) is 9.62. The molecule has 0 unspecified atom stereocenters. The van der Waals surface area contributed by atoms with E-state index in [1.54, 1.807) is 0 Å². The lowest BCUT2D eigenvalue weighted by Crippen LogP contribution is -2.03. The Morgan fingerprint density at radius 2 is 2.14 bits per heavy atom. The molecule has 0 aromatic heterocycles. The molecule has 0 atom stereocenters. The van der Waals surface area contributed by atoms with Crippen LogP contribution in [0.2, 0.25) is 0 Å². The molecular weight excluding hydrogens is 174 g/mol. The Labute approximate surface area is 87.3 Å². The SMILES string of the molecule is CCCCOC=C(C=[N+](C)C)C1CC1. The monoisotopic (exact) mass is 196 g/mol. The molecule has 0 N–H and O–H groups in total. The van der Waals surface area contributed by atoms with Gasteiger partial charge < -0.3 is 4.74 Å². The second kappa shape index (κ2) is 5.84. The number of ether oxygens (including phenoxy) is 1. The van der Waals surface area contributed by atoms with Crippen LogP contribution in [0.4, 0.5) is 0 Å². The lowest BCUT2D eigenvalue weighted by Gasteiger charge is -2.00. The van der Waals surface area contributed by atoms with Gasteiger partial charge in [0, 0.05) is 0 Å². The number of hydrogen-bond donors (Lipinski definition) is 0. The molecule has 1 saturated carbocycles. The maximum Gasteiger partial charge on any atom is 0.169 e. The Hall–Kier alpha value is -0.790. The maximum absolute atomic E-state index is 5.52. The summed E-state index contributed by atoms with van der Waals surface area (Å²) in [5.41, 5.74) is 1.35. The van der Waals surface area contributed by atoms with Crippen LogP contribution in [0, 0.1) is 5.92 Å². The van der Waals surface area contributed by atoms with Crippen molar-refractivity contribution in [2.45, 2.75) is 32.6 Å². The van der Waals surface area contributed by atoms with Gasteiger partial charge in [-0.05, 0) is 25.2 Å². The average molecular weight is 196 g/mol. The van der Waals surface area contributed by atoms with Crippen LogP contribution in [0.25, 0.3) is 0 Å². The van der Waals surface area contributed by atoms with Crippen molar-refractivity contribution >= 4 is 6.21 Å². The second-order valence-corrected chi connectivity index (χ2v) is 4.21. The first-order valence-corrected chi connectivity index (χ1v) is 5.57. The van der Waals surface area contributed by atoms with Gasteiger partial charge in [0.15, 0.2) is 6.21 Å². The van der Waals surface area contributed by atoms with E-state index in [2.05, 4.69) is 31.8 Å². The maximum atomic E-state index is 5.52. The Bertz CT molecular complexity index is 222. The number of unbranched alkanes of at least 4 members (excludes halogenated alkanes) is 1. The quantitative estimate of drug-likeness (QED) is 0.275. The van der Waals surface area contributed by atoms with E-state index in [0.29, 0.717) is 0 Å². The molecule has 80 valence electrons. The topological polar surface area (TPSA) is 12.2 Å². The third-order valence-corrected chi connectivity index (χ3v) is 2.29. The van der Waals surface area contributed by atoms with E-state index in [-0.39, 0.29) is 0 Å². The third-order valence-electron chi connectivity index (χ3n) is 2.29. The molecule has 0 amide bonds. The fourth-order valence-electron chi connectivity index (χ4n) is 1.33. The summed E-state index contributed by atoms with van der Waals surface area (Å²) in [5, 5.41) is 0. The van der Waals surface area contributed by atoms with Crippen LogP contribution < -0.4 is 0 Å². The van der Waals surface area contributed by atoms with Crippen molar-refractivity contribution in [2.75, 3.05) is 20.7 Å². The van der Waals surface area contributed by atoms with Crippen LogP contribution >= 0.6 is 0 Å². The first kappa shape index (κ1) is 11.3. The standard InChI is InChI=1S/C12H22NO/c1-4-5-8-14-10-12(9-13(2)3)11-6-7-11/h9-11H,4-8H2,1-3H3/q+1. The summed E-state index contributed by atoms with van der Waals surface area (Å²) in [4.78, 5) is 0. The molecule has 1 aliphatic rings. The highest BCUT2D eigenvalue weighted by Gasteiger charge is 2.27. The Morgan fingerprint density at radius 1 is 1.43 bits per heavy atom. The summed E-state index contributed by atoms with van der Waals surface area (Å²) < 4.78 is 7.61. The van der Waals surface area contributed by atoms with Gasteiger partial charge in [0.1, 0.15) is 14.1 Å². The van der Waals surface area contributed by atoms with Crippen molar-refractivity contribution in [2.24, 2.45) is 5.92 Å². The van der Waals surface area contributed by atoms with Crippen molar-refractivity contribution < 1.29 is 9.31 Å². The summed E-state index contributed by atoms with van der Waals surface area (Å²) in [6.07, 6.45) is 9.12. The summed E-state index contributed by atoms with van der Waals surface area (Å²) in [6, 6.07) is 0.